The summed E-state index contributed by atoms with van der Waals surface area (Å²) in [5.41, 5.74) is 6.79. The van der Waals surface area contributed by atoms with Crippen LogP contribution in [0.4, 0.5) is 5.69 Å². The molecule has 2 aromatic rings. The third-order valence-corrected chi connectivity index (χ3v) is 2.84. The summed E-state index contributed by atoms with van der Waals surface area (Å²) in [7, 11) is 0. The highest BCUT2D eigenvalue weighted by Crippen LogP contribution is 2.32. The van der Waals surface area contributed by atoms with Crippen LogP contribution in [0.15, 0.2) is 34.8 Å². The maximum Gasteiger partial charge on any atom is 0.143 e. The minimum atomic E-state index is 0.131. The molecule has 0 saturated carbocycles. The van der Waals surface area contributed by atoms with Gasteiger partial charge in [-0.3, -0.25) is 0 Å². The third-order valence-electron chi connectivity index (χ3n) is 2.35. The number of rotatable bonds is 2. The first kappa shape index (κ1) is 11.3. The van der Waals surface area contributed by atoms with Crippen LogP contribution < -0.4 is 10.5 Å². The summed E-state index contributed by atoms with van der Waals surface area (Å²) in [6.45, 7) is 3.98. The van der Waals surface area contributed by atoms with Gasteiger partial charge in [-0.05, 0) is 37.4 Å². The van der Waals surface area contributed by atoms with E-state index in [1.54, 1.807) is 0 Å². The summed E-state index contributed by atoms with van der Waals surface area (Å²) in [5.74, 6) is 0.751. The maximum atomic E-state index is 6.09. The Labute approximate surface area is 104 Å². The minimum Gasteiger partial charge on any atom is -0.489 e. The van der Waals surface area contributed by atoms with Crippen molar-refractivity contribution in [1.82, 2.24) is 0 Å². The molecule has 0 bridgehead atoms. The largest absolute Gasteiger partial charge is 0.489 e. The Morgan fingerprint density at radius 3 is 2.56 bits per heavy atom. The molecule has 0 fully saturated rings. The van der Waals surface area contributed by atoms with Crippen LogP contribution >= 0.6 is 15.9 Å². The lowest BCUT2D eigenvalue weighted by atomic mass is 10.1. The Balaban J connectivity index is 2.58. The first-order chi connectivity index (χ1) is 7.58. The molecule has 2 nitrogen and oxygen atoms in total. The zero-order chi connectivity index (χ0) is 11.7. The second kappa shape index (κ2) is 4.34. The number of nitrogen functional groups attached to an aromatic ring is 1. The molecule has 0 aliphatic heterocycles. The van der Waals surface area contributed by atoms with Gasteiger partial charge in [-0.1, -0.05) is 28.1 Å². The van der Waals surface area contributed by atoms with Gasteiger partial charge < -0.3 is 10.5 Å². The Bertz CT molecular complexity index is 523. The van der Waals surface area contributed by atoms with Crippen LogP contribution in [0.25, 0.3) is 10.8 Å². The van der Waals surface area contributed by atoms with Gasteiger partial charge in [0.2, 0.25) is 0 Å². The fourth-order valence-corrected chi connectivity index (χ4v) is 2.01. The van der Waals surface area contributed by atoms with Crippen LogP contribution in [-0.2, 0) is 0 Å². The van der Waals surface area contributed by atoms with Crippen molar-refractivity contribution >= 4 is 32.4 Å². The van der Waals surface area contributed by atoms with Crippen molar-refractivity contribution in [1.29, 1.82) is 0 Å². The third kappa shape index (κ3) is 2.14. The zero-order valence-corrected chi connectivity index (χ0v) is 10.9. The monoisotopic (exact) mass is 279 g/mol. The highest BCUT2D eigenvalue weighted by molar-refractivity contribution is 9.10. The quantitative estimate of drug-likeness (QED) is 0.845. The molecule has 2 N–H and O–H groups in total. The van der Waals surface area contributed by atoms with E-state index >= 15 is 0 Å². The van der Waals surface area contributed by atoms with Crippen molar-refractivity contribution in [2.45, 2.75) is 20.0 Å². The lowest BCUT2D eigenvalue weighted by molar-refractivity contribution is 0.244. The summed E-state index contributed by atoms with van der Waals surface area (Å²) < 4.78 is 6.67. The predicted octanol–water partition coefficient (Wildman–Crippen LogP) is 3.97. The van der Waals surface area contributed by atoms with E-state index in [0.717, 1.165) is 21.0 Å². The van der Waals surface area contributed by atoms with Crippen LogP contribution in [0, 0.1) is 0 Å². The summed E-state index contributed by atoms with van der Waals surface area (Å²) >= 11 is 3.45. The normalized spacial score (nSPS) is 11.0. The summed E-state index contributed by atoms with van der Waals surface area (Å²) in [6, 6.07) is 10.00. The van der Waals surface area contributed by atoms with Gasteiger partial charge in [0, 0.05) is 9.86 Å². The van der Waals surface area contributed by atoms with Crippen LogP contribution in [0.3, 0.4) is 0 Å². The predicted molar refractivity (Wildman–Crippen MR) is 71.8 cm³/mol. The van der Waals surface area contributed by atoms with E-state index in [1.807, 2.05) is 44.2 Å². The van der Waals surface area contributed by atoms with Crippen molar-refractivity contribution in [3.05, 3.63) is 34.8 Å². The molecule has 2 aromatic carbocycles. The SMILES string of the molecule is CC(C)Oc1ccc2ccc(Br)cc2c1N. The lowest BCUT2D eigenvalue weighted by Gasteiger charge is -2.13. The van der Waals surface area contributed by atoms with Crippen molar-refractivity contribution in [2.75, 3.05) is 5.73 Å². The van der Waals surface area contributed by atoms with E-state index < -0.39 is 0 Å². The molecular weight excluding hydrogens is 266 g/mol. The van der Waals surface area contributed by atoms with Crippen LogP contribution in [0.1, 0.15) is 13.8 Å². The molecule has 0 heterocycles. The average Bonchev–Trinajstić information content (AvgIpc) is 2.22. The second-order valence-electron chi connectivity index (χ2n) is 4.01. The molecule has 0 aromatic heterocycles. The minimum absolute atomic E-state index is 0.131. The van der Waals surface area contributed by atoms with Gasteiger partial charge in [-0.25, -0.2) is 0 Å². The van der Waals surface area contributed by atoms with Crippen LogP contribution in [-0.4, -0.2) is 6.10 Å². The van der Waals surface area contributed by atoms with Gasteiger partial charge in [0.15, 0.2) is 0 Å². The maximum absolute atomic E-state index is 6.09. The molecule has 0 atom stereocenters. The number of hydrogen-bond donors (Lipinski definition) is 1. The van der Waals surface area contributed by atoms with Crippen molar-refractivity contribution in [3.63, 3.8) is 0 Å². The molecule has 0 amide bonds. The Morgan fingerprint density at radius 2 is 1.88 bits per heavy atom. The number of hydrogen-bond acceptors (Lipinski definition) is 2. The molecular formula is C13H14BrNO. The van der Waals surface area contributed by atoms with Gasteiger partial charge >= 0.3 is 0 Å². The van der Waals surface area contributed by atoms with Crippen molar-refractivity contribution < 1.29 is 4.74 Å². The van der Waals surface area contributed by atoms with Crippen LogP contribution in [0.2, 0.25) is 0 Å². The van der Waals surface area contributed by atoms with E-state index in [-0.39, 0.29) is 6.10 Å². The summed E-state index contributed by atoms with van der Waals surface area (Å²) in [6.07, 6.45) is 0.131. The van der Waals surface area contributed by atoms with Gasteiger partial charge in [0.25, 0.3) is 0 Å². The van der Waals surface area contributed by atoms with Crippen molar-refractivity contribution in [3.8, 4) is 5.75 Å². The first-order valence-corrected chi connectivity index (χ1v) is 6.01. The number of fused-ring (bicyclic) bond motifs is 1. The highest BCUT2D eigenvalue weighted by Gasteiger charge is 2.07. The summed E-state index contributed by atoms with van der Waals surface area (Å²) in [4.78, 5) is 0. The molecule has 16 heavy (non-hydrogen) atoms. The number of anilines is 1. The Morgan fingerprint density at radius 1 is 1.19 bits per heavy atom. The van der Waals surface area contributed by atoms with E-state index in [1.165, 1.54) is 0 Å². The molecule has 84 valence electrons. The van der Waals surface area contributed by atoms with Crippen molar-refractivity contribution in [2.24, 2.45) is 0 Å². The molecule has 0 radical (unpaired) electrons. The van der Waals surface area contributed by atoms with E-state index in [2.05, 4.69) is 15.9 Å². The fraction of sp³-hybridized carbons (Fsp3) is 0.231. The fourth-order valence-electron chi connectivity index (χ4n) is 1.65. The Kier molecular flexibility index (Phi) is 3.06. The number of benzene rings is 2. The van der Waals surface area contributed by atoms with Gasteiger partial charge in [-0.15, -0.1) is 0 Å². The number of nitrogens with two attached hydrogens (primary N) is 1. The molecule has 2 rings (SSSR count). The van der Waals surface area contributed by atoms with E-state index in [0.29, 0.717) is 5.69 Å². The Hall–Kier alpha value is -1.22. The highest BCUT2D eigenvalue weighted by atomic mass is 79.9. The molecule has 0 spiro atoms. The topological polar surface area (TPSA) is 35.2 Å². The van der Waals surface area contributed by atoms with E-state index in [4.69, 9.17) is 10.5 Å². The van der Waals surface area contributed by atoms with Crippen LogP contribution in [0.5, 0.6) is 5.75 Å². The van der Waals surface area contributed by atoms with Gasteiger partial charge in [0.1, 0.15) is 5.75 Å². The number of ether oxygens (including phenoxy) is 1. The number of halogens is 1. The molecule has 0 aliphatic rings. The standard InChI is InChI=1S/C13H14BrNO/c1-8(2)16-12-6-4-9-3-5-10(14)7-11(9)13(12)15/h3-8H,15H2,1-2H3. The molecule has 3 heteroatoms. The van der Waals surface area contributed by atoms with E-state index in [9.17, 15) is 0 Å². The molecule has 0 aliphatic carbocycles. The first-order valence-electron chi connectivity index (χ1n) is 5.22. The summed E-state index contributed by atoms with van der Waals surface area (Å²) in [5, 5.41) is 2.14. The lowest BCUT2D eigenvalue weighted by Crippen LogP contribution is -2.07. The smallest absolute Gasteiger partial charge is 0.143 e. The second-order valence-corrected chi connectivity index (χ2v) is 4.93. The molecule has 0 saturated heterocycles. The van der Waals surface area contributed by atoms with Gasteiger partial charge in [0.05, 0.1) is 11.8 Å². The zero-order valence-electron chi connectivity index (χ0n) is 9.33. The average molecular weight is 280 g/mol. The van der Waals surface area contributed by atoms with Gasteiger partial charge in [-0.2, -0.15) is 0 Å². The molecule has 0 unspecified atom stereocenters.